The Hall–Kier alpha value is -0.580. The Labute approximate surface area is 146 Å². The molecule has 0 aromatic heterocycles. The quantitative estimate of drug-likeness (QED) is 0.656. The van der Waals surface area contributed by atoms with Crippen molar-refractivity contribution in [1.29, 1.82) is 0 Å². The summed E-state index contributed by atoms with van der Waals surface area (Å²) in [6.45, 7) is 0. The SMILES string of the molecule is O=C(CSc1ccc(Cl)cc1)Nc1c(Cl)cc(Cl)cc1Cl. The third-order valence-electron chi connectivity index (χ3n) is 2.45. The first-order valence-electron chi connectivity index (χ1n) is 5.78. The molecule has 0 unspecified atom stereocenters. The van der Waals surface area contributed by atoms with Gasteiger partial charge < -0.3 is 5.32 Å². The molecule has 110 valence electrons. The van der Waals surface area contributed by atoms with E-state index < -0.39 is 0 Å². The van der Waals surface area contributed by atoms with Gasteiger partial charge in [-0.1, -0.05) is 46.4 Å². The predicted octanol–water partition coefficient (Wildman–Crippen LogP) is 6.03. The fraction of sp³-hybridized carbons (Fsp3) is 0.0714. The summed E-state index contributed by atoms with van der Waals surface area (Å²) in [6.07, 6.45) is 0. The first-order chi connectivity index (χ1) is 9.95. The number of nitrogens with one attached hydrogen (secondary N) is 1. The third kappa shape index (κ3) is 4.97. The van der Waals surface area contributed by atoms with E-state index in [1.165, 1.54) is 23.9 Å². The van der Waals surface area contributed by atoms with Crippen molar-refractivity contribution in [3.63, 3.8) is 0 Å². The van der Waals surface area contributed by atoms with E-state index in [-0.39, 0.29) is 11.7 Å². The maximum absolute atomic E-state index is 11.9. The minimum Gasteiger partial charge on any atom is -0.323 e. The van der Waals surface area contributed by atoms with Gasteiger partial charge in [-0.3, -0.25) is 4.79 Å². The van der Waals surface area contributed by atoms with Crippen LogP contribution in [0.4, 0.5) is 5.69 Å². The molecule has 0 saturated heterocycles. The number of halogens is 4. The molecule has 0 saturated carbocycles. The predicted molar refractivity (Wildman–Crippen MR) is 92.3 cm³/mol. The summed E-state index contributed by atoms with van der Waals surface area (Å²) in [6, 6.07) is 10.3. The maximum atomic E-state index is 11.9. The third-order valence-corrected chi connectivity index (χ3v) is 4.53. The molecular weight excluding hydrogens is 372 g/mol. The highest BCUT2D eigenvalue weighted by Crippen LogP contribution is 2.33. The minimum atomic E-state index is -0.207. The van der Waals surface area contributed by atoms with Crippen LogP contribution in [0.5, 0.6) is 0 Å². The normalized spacial score (nSPS) is 10.5. The van der Waals surface area contributed by atoms with Gasteiger partial charge in [0.25, 0.3) is 0 Å². The van der Waals surface area contributed by atoms with Crippen LogP contribution in [0.15, 0.2) is 41.3 Å². The largest absolute Gasteiger partial charge is 0.323 e. The highest BCUT2D eigenvalue weighted by atomic mass is 35.5. The number of benzene rings is 2. The molecule has 0 heterocycles. The molecule has 0 atom stereocenters. The Morgan fingerprint density at radius 2 is 1.52 bits per heavy atom. The lowest BCUT2D eigenvalue weighted by Gasteiger charge is -2.09. The smallest absolute Gasteiger partial charge is 0.234 e. The van der Waals surface area contributed by atoms with E-state index in [9.17, 15) is 4.79 Å². The van der Waals surface area contributed by atoms with Gasteiger partial charge in [-0.25, -0.2) is 0 Å². The van der Waals surface area contributed by atoms with E-state index in [1.807, 2.05) is 12.1 Å². The van der Waals surface area contributed by atoms with E-state index in [4.69, 9.17) is 46.4 Å². The zero-order valence-electron chi connectivity index (χ0n) is 10.5. The highest BCUT2D eigenvalue weighted by molar-refractivity contribution is 8.00. The van der Waals surface area contributed by atoms with Crippen molar-refractivity contribution in [1.82, 2.24) is 0 Å². The van der Waals surface area contributed by atoms with E-state index in [0.29, 0.717) is 25.8 Å². The van der Waals surface area contributed by atoms with Crippen LogP contribution in [-0.2, 0) is 4.79 Å². The first kappa shape index (κ1) is 16.8. The van der Waals surface area contributed by atoms with E-state index >= 15 is 0 Å². The maximum Gasteiger partial charge on any atom is 0.234 e. The number of carbonyl (C=O) groups excluding carboxylic acids is 1. The zero-order valence-corrected chi connectivity index (χ0v) is 14.3. The number of thioether (sulfide) groups is 1. The number of hydrogen-bond acceptors (Lipinski definition) is 2. The van der Waals surface area contributed by atoms with Gasteiger partial charge in [-0.05, 0) is 36.4 Å². The number of hydrogen-bond donors (Lipinski definition) is 1. The summed E-state index contributed by atoms with van der Waals surface area (Å²) in [4.78, 5) is 12.9. The number of rotatable bonds is 4. The zero-order chi connectivity index (χ0) is 15.4. The lowest BCUT2D eigenvalue weighted by atomic mass is 10.3. The Morgan fingerprint density at radius 1 is 0.952 bits per heavy atom. The lowest BCUT2D eigenvalue weighted by Crippen LogP contribution is -2.14. The summed E-state index contributed by atoms with van der Waals surface area (Å²) in [5, 5.41) is 4.36. The van der Waals surface area contributed by atoms with Crippen LogP contribution >= 0.6 is 58.2 Å². The van der Waals surface area contributed by atoms with Crippen LogP contribution in [0.2, 0.25) is 20.1 Å². The molecule has 0 aliphatic rings. The summed E-state index contributed by atoms with van der Waals surface area (Å²) in [5.41, 5.74) is 0.365. The molecule has 0 fully saturated rings. The second kappa shape index (κ2) is 7.61. The molecule has 2 nitrogen and oxygen atoms in total. The average molecular weight is 381 g/mol. The fourth-order valence-corrected chi connectivity index (χ4v) is 3.25. The Kier molecular flexibility index (Phi) is 6.08. The molecule has 0 radical (unpaired) electrons. The summed E-state index contributed by atoms with van der Waals surface area (Å²) in [5.74, 6) is 0.0257. The second-order valence-electron chi connectivity index (χ2n) is 4.04. The first-order valence-corrected chi connectivity index (χ1v) is 8.28. The summed E-state index contributed by atoms with van der Waals surface area (Å²) >= 11 is 25.0. The minimum absolute atomic E-state index is 0.207. The van der Waals surface area contributed by atoms with Crippen LogP contribution in [0.3, 0.4) is 0 Å². The van der Waals surface area contributed by atoms with Crippen LogP contribution in [0, 0.1) is 0 Å². The molecule has 0 bridgehead atoms. The van der Waals surface area contributed by atoms with Crippen molar-refractivity contribution in [2.24, 2.45) is 0 Å². The molecular formula is C14H9Cl4NOS. The van der Waals surface area contributed by atoms with E-state index in [0.717, 1.165) is 4.90 Å². The second-order valence-corrected chi connectivity index (χ2v) is 6.77. The summed E-state index contributed by atoms with van der Waals surface area (Å²) < 4.78 is 0. The Bertz CT molecular complexity index is 638. The lowest BCUT2D eigenvalue weighted by molar-refractivity contribution is -0.113. The standard InChI is InChI=1S/C14H9Cl4NOS/c15-8-1-3-10(4-2-8)21-7-13(20)19-14-11(17)5-9(16)6-12(14)18/h1-6H,7H2,(H,19,20). The van der Waals surface area contributed by atoms with Gasteiger partial charge in [0.2, 0.25) is 5.91 Å². The van der Waals surface area contributed by atoms with Crippen molar-refractivity contribution in [2.45, 2.75) is 4.90 Å². The van der Waals surface area contributed by atoms with Gasteiger partial charge in [0.05, 0.1) is 21.5 Å². The number of carbonyl (C=O) groups is 1. The molecule has 2 rings (SSSR count). The highest BCUT2D eigenvalue weighted by Gasteiger charge is 2.11. The monoisotopic (exact) mass is 379 g/mol. The van der Waals surface area contributed by atoms with Gasteiger partial charge in [0.1, 0.15) is 0 Å². The molecule has 1 amide bonds. The Morgan fingerprint density at radius 3 is 2.10 bits per heavy atom. The molecule has 21 heavy (non-hydrogen) atoms. The van der Waals surface area contributed by atoms with Crippen molar-refractivity contribution in [3.05, 3.63) is 56.5 Å². The average Bonchev–Trinajstić information content (AvgIpc) is 2.42. The molecule has 0 aliphatic heterocycles. The number of amides is 1. The van der Waals surface area contributed by atoms with Gasteiger partial charge in [0, 0.05) is 14.9 Å². The van der Waals surface area contributed by atoms with Crippen molar-refractivity contribution in [2.75, 3.05) is 11.1 Å². The Balaban J connectivity index is 1.97. The van der Waals surface area contributed by atoms with E-state index in [1.54, 1.807) is 12.1 Å². The van der Waals surface area contributed by atoms with Crippen LogP contribution < -0.4 is 5.32 Å². The van der Waals surface area contributed by atoms with Crippen LogP contribution in [0.1, 0.15) is 0 Å². The van der Waals surface area contributed by atoms with Crippen molar-refractivity contribution >= 4 is 69.8 Å². The molecule has 0 aliphatic carbocycles. The molecule has 0 spiro atoms. The fourth-order valence-electron chi connectivity index (χ4n) is 1.52. The van der Waals surface area contributed by atoms with Gasteiger partial charge in [-0.15, -0.1) is 11.8 Å². The van der Waals surface area contributed by atoms with E-state index in [2.05, 4.69) is 5.32 Å². The van der Waals surface area contributed by atoms with Crippen LogP contribution in [-0.4, -0.2) is 11.7 Å². The van der Waals surface area contributed by atoms with Gasteiger partial charge in [0.15, 0.2) is 0 Å². The molecule has 1 N–H and O–H groups in total. The topological polar surface area (TPSA) is 29.1 Å². The van der Waals surface area contributed by atoms with Gasteiger partial charge in [-0.2, -0.15) is 0 Å². The number of anilines is 1. The summed E-state index contributed by atoms with van der Waals surface area (Å²) in [7, 11) is 0. The molecule has 2 aromatic carbocycles. The van der Waals surface area contributed by atoms with Crippen molar-refractivity contribution < 1.29 is 4.79 Å². The molecule has 7 heteroatoms. The van der Waals surface area contributed by atoms with Gasteiger partial charge >= 0.3 is 0 Å². The molecule has 2 aromatic rings. The van der Waals surface area contributed by atoms with Crippen molar-refractivity contribution in [3.8, 4) is 0 Å². The van der Waals surface area contributed by atoms with Crippen LogP contribution in [0.25, 0.3) is 0 Å².